The maximum atomic E-state index is 11.9. The summed E-state index contributed by atoms with van der Waals surface area (Å²) in [5, 5.41) is 9.94. The third-order valence-electron chi connectivity index (χ3n) is 8.84. The Morgan fingerprint density at radius 1 is 1.15 bits per heavy atom. The van der Waals surface area contributed by atoms with Crippen LogP contribution in [0, 0.1) is 46.3 Å². The molecule has 26 heavy (non-hydrogen) atoms. The maximum Gasteiger partial charge on any atom is 0.306 e. The Labute approximate surface area is 155 Å². The monoisotopic (exact) mass is 353 g/mol. The second-order valence-corrected chi connectivity index (χ2v) is 9.58. The van der Waals surface area contributed by atoms with Gasteiger partial charge in [-0.25, -0.2) is 0 Å². The normalized spacial score (nSPS) is 49.7. The van der Waals surface area contributed by atoms with Gasteiger partial charge in [-0.05, 0) is 74.7 Å². The van der Waals surface area contributed by atoms with E-state index < -0.39 is 0 Å². The highest BCUT2D eigenvalue weighted by Crippen LogP contribution is 2.68. The number of ketones is 1. The number of allylic oxidation sites excluding steroid dienone is 1. The number of ether oxygens (including phenoxy) is 1. The van der Waals surface area contributed by atoms with Gasteiger partial charge in [0.1, 0.15) is 5.60 Å². The van der Waals surface area contributed by atoms with E-state index in [-0.39, 0.29) is 28.7 Å². The summed E-state index contributed by atoms with van der Waals surface area (Å²) in [6.07, 6.45) is 9.90. The zero-order valence-corrected chi connectivity index (χ0v) is 15.5. The van der Waals surface area contributed by atoms with Crippen LogP contribution in [0.25, 0.3) is 0 Å². The summed E-state index contributed by atoms with van der Waals surface area (Å²) in [6, 6.07) is 2.61. The molecule has 0 N–H and O–H groups in total. The molecule has 138 valence electrons. The Balaban J connectivity index is 1.52. The lowest BCUT2D eigenvalue weighted by molar-refractivity contribution is -0.167. The van der Waals surface area contributed by atoms with Crippen molar-refractivity contribution in [3.63, 3.8) is 0 Å². The molecule has 4 fully saturated rings. The van der Waals surface area contributed by atoms with Crippen LogP contribution in [0.2, 0.25) is 0 Å². The molecule has 0 amide bonds. The van der Waals surface area contributed by atoms with Gasteiger partial charge in [0, 0.05) is 18.3 Å². The minimum Gasteiger partial charge on any atom is -0.458 e. The molecular formula is C22H27NO3. The van der Waals surface area contributed by atoms with Crippen LogP contribution in [-0.2, 0) is 14.3 Å². The number of carbonyl (C=O) groups is 2. The molecule has 1 aliphatic heterocycles. The van der Waals surface area contributed by atoms with Crippen molar-refractivity contribution in [1.82, 2.24) is 0 Å². The van der Waals surface area contributed by atoms with E-state index in [1.165, 1.54) is 5.57 Å². The number of hydrogen-bond donors (Lipinski definition) is 0. The first-order valence-corrected chi connectivity index (χ1v) is 10.3. The Bertz CT molecular complexity index is 749. The van der Waals surface area contributed by atoms with Gasteiger partial charge in [-0.3, -0.25) is 9.59 Å². The minimum absolute atomic E-state index is 0.00489. The molecule has 1 heterocycles. The van der Waals surface area contributed by atoms with Gasteiger partial charge in [-0.1, -0.05) is 12.5 Å². The van der Waals surface area contributed by atoms with Crippen LogP contribution in [0.3, 0.4) is 0 Å². The fourth-order valence-electron chi connectivity index (χ4n) is 7.66. The molecule has 0 radical (unpaired) electrons. The van der Waals surface area contributed by atoms with E-state index in [1.807, 2.05) is 6.08 Å². The summed E-state index contributed by atoms with van der Waals surface area (Å²) in [5.41, 5.74) is 0.983. The molecule has 0 aromatic carbocycles. The van der Waals surface area contributed by atoms with Crippen LogP contribution in [0.5, 0.6) is 0 Å². The second-order valence-electron chi connectivity index (χ2n) is 9.58. The van der Waals surface area contributed by atoms with Crippen LogP contribution in [0.4, 0.5) is 0 Å². The Kier molecular flexibility index (Phi) is 3.46. The summed E-state index contributed by atoms with van der Waals surface area (Å²) >= 11 is 0. The van der Waals surface area contributed by atoms with Gasteiger partial charge in [0.2, 0.25) is 0 Å². The third kappa shape index (κ3) is 2.01. The quantitative estimate of drug-likeness (QED) is 0.618. The first kappa shape index (κ1) is 16.5. The summed E-state index contributed by atoms with van der Waals surface area (Å²) in [7, 11) is 0. The lowest BCUT2D eigenvalue weighted by Crippen LogP contribution is -2.54. The van der Waals surface area contributed by atoms with Gasteiger partial charge >= 0.3 is 5.97 Å². The number of nitriles is 1. The molecule has 1 spiro atoms. The number of rotatable bonds is 0. The van der Waals surface area contributed by atoms with Crippen LogP contribution >= 0.6 is 0 Å². The molecule has 7 atom stereocenters. The predicted octanol–water partition coefficient (Wildman–Crippen LogP) is 3.95. The van der Waals surface area contributed by atoms with Crippen molar-refractivity contribution in [2.45, 2.75) is 70.3 Å². The van der Waals surface area contributed by atoms with Crippen molar-refractivity contribution in [1.29, 1.82) is 5.26 Å². The molecule has 5 rings (SSSR count). The Morgan fingerprint density at radius 2 is 2.00 bits per heavy atom. The fourth-order valence-corrected chi connectivity index (χ4v) is 7.66. The third-order valence-corrected chi connectivity index (χ3v) is 8.84. The average molecular weight is 353 g/mol. The molecule has 4 aliphatic carbocycles. The van der Waals surface area contributed by atoms with Crippen molar-refractivity contribution in [2.24, 2.45) is 35.0 Å². The van der Waals surface area contributed by atoms with Crippen molar-refractivity contribution in [3.8, 4) is 6.07 Å². The molecule has 0 unspecified atom stereocenters. The van der Waals surface area contributed by atoms with E-state index in [0.29, 0.717) is 36.5 Å². The molecule has 0 aromatic rings. The molecule has 4 nitrogen and oxygen atoms in total. The number of nitrogens with zero attached hydrogens (tertiary/aromatic N) is 1. The molecule has 1 saturated heterocycles. The summed E-state index contributed by atoms with van der Waals surface area (Å²) in [6.45, 7) is 2.34. The Morgan fingerprint density at radius 3 is 2.73 bits per heavy atom. The lowest BCUT2D eigenvalue weighted by Gasteiger charge is -2.56. The molecule has 4 heteroatoms. The highest BCUT2D eigenvalue weighted by molar-refractivity contribution is 5.91. The van der Waals surface area contributed by atoms with Crippen molar-refractivity contribution in [3.05, 3.63) is 11.6 Å². The van der Waals surface area contributed by atoms with E-state index in [2.05, 4.69) is 13.0 Å². The van der Waals surface area contributed by atoms with Crippen LogP contribution in [0.15, 0.2) is 11.6 Å². The predicted molar refractivity (Wildman–Crippen MR) is 94.6 cm³/mol. The van der Waals surface area contributed by atoms with Gasteiger partial charge in [-0.2, -0.15) is 5.26 Å². The topological polar surface area (TPSA) is 67.2 Å². The molecule has 3 saturated carbocycles. The summed E-state index contributed by atoms with van der Waals surface area (Å²) in [5.74, 6) is 2.09. The van der Waals surface area contributed by atoms with Gasteiger partial charge in [0.25, 0.3) is 0 Å². The largest absolute Gasteiger partial charge is 0.458 e. The molecule has 0 bridgehead atoms. The van der Waals surface area contributed by atoms with Crippen molar-refractivity contribution >= 4 is 11.8 Å². The number of esters is 1. The standard InChI is InChI=1S/C22H27NO3/c1-21-7-4-17-16-3-2-15(24)11-13(16)10-14(12-23)20(17)18(21)5-8-22(21)9-6-19(25)26-22/h11,14,16-18,20H,2-10H2,1H3/t14-,16-,17+,18-,20+,21-,22+/m0/s1. The van der Waals surface area contributed by atoms with Crippen LogP contribution in [-0.4, -0.2) is 17.4 Å². The number of hydrogen-bond acceptors (Lipinski definition) is 4. The number of carbonyl (C=O) groups excluding carboxylic acids is 2. The van der Waals surface area contributed by atoms with Gasteiger partial charge < -0.3 is 4.74 Å². The number of fused-ring (bicyclic) bond motifs is 6. The Hall–Kier alpha value is -1.63. The molecule has 0 aromatic heterocycles. The van der Waals surface area contributed by atoms with Crippen molar-refractivity contribution < 1.29 is 14.3 Å². The SMILES string of the molecule is C[C@]12CC[C@H]3[C@@H]([C@H](C#N)CC4=CC(=O)CC[C@@H]43)[C@@H]1CC[C@@]21CCC(=O)O1. The van der Waals surface area contributed by atoms with E-state index in [4.69, 9.17) is 4.74 Å². The van der Waals surface area contributed by atoms with E-state index in [9.17, 15) is 14.9 Å². The highest BCUT2D eigenvalue weighted by atomic mass is 16.6. The summed E-state index contributed by atoms with van der Waals surface area (Å²) in [4.78, 5) is 23.8. The van der Waals surface area contributed by atoms with Gasteiger partial charge in [0.05, 0.1) is 12.0 Å². The van der Waals surface area contributed by atoms with E-state index in [0.717, 1.165) is 44.9 Å². The van der Waals surface area contributed by atoms with Gasteiger partial charge in [-0.15, -0.1) is 0 Å². The summed E-state index contributed by atoms with van der Waals surface area (Å²) < 4.78 is 5.97. The fraction of sp³-hybridized carbons (Fsp3) is 0.773. The first-order chi connectivity index (χ1) is 12.5. The minimum atomic E-state index is -0.279. The zero-order valence-electron chi connectivity index (χ0n) is 15.5. The first-order valence-electron chi connectivity index (χ1n) is 10.3. The lowest BCUT2D eigenvalue weighted by atomic mass is 9.48. The van der Waals surface area contributed by atoms with Gasteiger partial charge in [0.15, 0.2) is 5.78 Å². The smallest absolute Gasteiger partial charge is 0.306 e. The zero-order chi connectivity index (χ0) is 18.1. The molecular weight excluding hydrogens is 326 g/mol. The van der Waals surface area contributed by atoms with E-state index >= 15 is 0 Å². The highest BCUT2D eigenvalue weighted by Gasteiger charge is 2.67. The van der Waals surface area contributed by atoms with Crippen LogP contribution in [0.1, 0.15) is 64.7 Å². The maximum absolute atomic E-state index is 11.9. The molecule has 5 aliphatic rings. The van der Waals surface area contributed by atoms with E-state index in [1.54, 1.807) is 0 Å². The average Bonchev–Trinajstić information content (AvgIpc) is 3.14. The van der Waals surface area contributed by atoms with Crippen molar-refractivity contribution in [2.75, 3.05) is 0 Å². The second kappa shape index (κ2) is 5.44. The van der Waals surface area contributed by atoms with Crippen LogP contribution < -0.4 is 0 Å².